The molecule has 17 heteroatoms. The Kier molecular flexibility index (Phi) is 6.35. The Hall–Kier alpha value is -3.98. The van der Waals surface area contributed by atoms with E-state index in [4.69, 9.17) is 18.6 Å². The molecule has 37 heavy (non-hydrogen) atoms. The minimum Gasteiger partial charge on any atom is -0.492 e. The molecule has 3 aromatic rings. The van der Waals surface area contributed by atoms with Gasteiger partial charge in [0, 0.05) is 36.3 Å². The number of aryl methyl sites for hydroxylation is 1. The van der Waals surface area contributed by atoms with Crippen molar-refractivity contribution in [3.8, 4) is 17.0 Å². The molecule has 0 spiro atoms. The van der Waals surface area contributed by atoms with Crippen LogP contribution < -0.4 is 20.9 Å². The normalized spacial score (nSPS) is 15.5. The molecule has 3 heterocycles. The number of carbonyl (C=O) groups excluding carboxylic acids is 2. The quantitative estimate of drug-likeness (QED) is 0.268. The first-order valence-electron chi connectivity index (χ1n) is 12.1. The van der Waals surface area contributed by atoms with Crippen molar-refractivity contribution in [1.82, 2.24) is 35.1 Å². The molecule has 1 fully saturated rings. The molecule has 1 aliphatic rings. The van der Waals surface area contributed by atoms with Gasteiger partial charge in [0.05, 0.1) is 24.6 Å². The van der Waals surface area contributed by atoms with Crippen molar-refractivity contribution in [2.24, 2.45) is 18.0 Å². The number of phosphoric acid groups is 1. The van der Waals surface area contributed by atoms with Gasteiger partial charge in [0.2, 0.25) is 0 Å². The highest BCUT2D eigenvalue weighted by atomic mass is 31.2. The lowest BCUT2D eigenvalue weighted by Gasteiger charge is -2.16. The second kappa shape index (κ2) is 10.6. The zero-order valence-corrected chi connectivity index (χ0v) is 20.4. The first-order chi connectivity index (χ1) is 18.7. The van der Waals surface area contributed by atoms with Crippen LogP contribution in [0.4, 0.5) is 11.5 Å². The van der Waals surface area contributed by atoms with Crippen LogP contribution in [0.15, 0.2) is 29.5 Å². The predicted octanol–water partition coefficient (Wildman–Crippen LogP) is 0.0895. The molecule has 0 unspecified atom stereocenters. The first-order valence-corrected chi connectivity index (χ1v) is 12.2. The second-order valence-electron chi connectivity index (χ2n) is 7.78. The Labute approximate surface area is 213 Å². The summed E-state index contributed by atoms with van der Waals surface area (Å²) in [7, 11) is -2.01. The Morgan fingerprint density at radius 3 is 2.76 bits per heavy atom. The summed E-state index contributed by atoms with van der Waals surface area (Å²) in [6, 6.07) is 2.78. The van der Waals surface area contributed by atoms with Gasteiger partial charge in [-0.3, -0.25) is 14.1 Å². The molecular weight excluding hydrogens is 509 g/mol. The van der Waals surface area contributed by atoms with Gasteiger partial charge >= 0.3 is 7.82 Å². The molecule has 1 saturated carbocycles. The third-order valence-electron chi connectivity index (χ3n) is 5.08. The number of hydrogen-bond donors (Lipinski definition) is 4. The number of methoxy groups -OCH3 is 1. The molecule has 0 radical (unpaired) electrons. The number of aromatic nitrogens is 6. The lowest BCUT2D eigenvalue weighted by atomic mass is 10.2. The summed E-state index contributed by atoms with van der Waals surface area (Å²) in [5, 5.41) is 16.9. The monoisotopic (exact) mass is 536 g/mol. The highest BCUT2D eigenvalue weighted by molar-refractivity contribution is 7.46. The molecule has 196 valence electrons. The Balaban J connectivity index is 1.87. The topological polar surface area (TPSA) is 208 Å². The predicted molar refractivity (Wildman–Crippen MR) is 126 cm³/mol. The summed E-state index contributed by atoms with van der Waals surface area (Å²) in [5.41, 5.74) is -0.0168. The first kappa shape index (κ1) is 22.2. The number of ether oxygens (including phenoxy) is 1. The fourth-order valence-electron chi connectivity index (χ4n) is 3.21. The molecule has 0 aromatic carbocycles. The van der Waals surface area contributed by atoms with Crippen LogP contribution >= 0.6 is 7.82 Å². The van der Waals surface area contributed by atoms with Crippen LogP contribution in [0.3, 0.4) is 0 Å². The van der Waals surface area contributed by atoms with Gasteiger partial charge < -0.3 is 25.2 Å². The van der Waals surface area contributed by atoms with E-state index in [1.807, 2.05) is 0 Å². The van der Waals surface area contributed by atoms with E-state index < -0.39 is 39.0 Å². The highest BCUT2D eigenvalue weighted by Gasteiger charge is 2.30. The average Bonchev–Trinajstić information content (AvgIpc) is 3.62. The van der Waals surface area contributed by atoms with Crippen LogP contribution in [-0.2, 0) is 27.7 Å². The SMILES string of the molecule is [2H]C([2H])([2H])NC(=O)c1nn(COP(=O)(O)O)/c(=N/C(=O)C2CC2)cc1Nc1nccc(-c2cnn(C)n2)c1OC. The smallest absolute Gasteiger partial charge is 0.471 e. The van der Waals surface area contributed by atoms with E-state index in [-0.39, 0.29) is 28.7 Å². The van der Waals surface area contributed by atoms with Crippen LogP contribution in [0.2, 0.25) is 0 Å². The summed E-state index contributed by atoms with van der Waals surface area (Å²) in [4.78, 5) is 53.3. The van der Waals surface area contributed by atoms with E-state index in [0.29, 0.717) is 24.1 Å². The largest absolute Gasteiger partial charge is 0.492 e. The van der Waals surface area contributed by atoms with Gasteiger partial charge in [0.15, 0.2) is 29.5 Å². The number of anilines is 2. The maximum Gasteiger partial charge on any atom is 0.471 e. The van der Waals surface area contributed by atoms with E-state index >= 15 is 0 Å². The average molecular weight is 536 g/mol. The van der Waals surface area contributed by atoms with Gasteiger partial charge in [-0.05, 0) is 18.9 Å². The van der Waals surface area contributed by atoms with Crippen molar-refractivity contribution in [2.75, 3.05) is 19.4 Å². The number of rotatable bonds is 9. The summed E-state index contributed by atoms with van der Waals surface area (Å²) in [6.07, 6.45) is 4.15. The summed E-state index contributed by atoms with van der Waals surface area (Å²) in [6.45, 7) is -3.82. The molecule has 2 amide bonds. The van der Waals surface area contributed by atoms with E-state index in [9.17, 15) is 14.2 Å². The Morgan fingerprint density at radius 2 is 2.14 bits per heavy atom. The van der Waals surface area contributed by atoms with Crippen molar-refractivity contribution in [3.05, 3.63) is 35.7 Å². The molecule has 0 aliphatic heterocycles. The number of nitrogens with one attached hydrogen (secondary N) is 2. The summed E-state index contributed by atoms with van der Waals surface area (Å²) in [5.74, 6) is -1.79. The number of hydrogen-bond acceptors (Lipinski definition) is 10. The van der Waals surface area contributed by atoms with E-state index in [0.717, 1.165) is 4.68 Å². The standard InChI is InChI=1S/C20H24N9O7P/c1-21-20(31)16-13(24-18-17(35-3)12(6-7-22-18)14-9-23-28(2)26-14)8-15(25-19(30)11-4-5-11)29(27-16)10-36-37(32,33)34/h6-9,11H,4-5,10H2,1-3H3,(H,21,31)(H,22,24)(H2,32,33,34)/b25-15+/i1D3. The lowest BCUT2D eigenvalue weighted by Crippen LogP contribution is -2.31. The molecule has 4 N–H and O–H groups in total. The number of phosphoric ester groups is 1. The molecular formula is C20H24N9O7P. The van der Waals surface area contributed by atoms with Crippen LogP contribution in [-0.4, -0.2) is 65.4 Å². The fourth-order valence-corrected chi connectivity index (χ4v) is 3.47. The zero-order valence-electron chi connectivity index (χ0n) is 22.5. The minimum absolute atomic E-state index is 0.0547. The second-order valence-corrected chi connectivity index (χ2v) is 9.02. The molecule has 4 rings (SSSR count). The highest BCUT2D eigenvalue weighted by Crippen LogP contribution is 2.37. The molecule has 0 atom stereocenters. The van der Waals surface area contributed by atoms with Gasteiger partial charge in [0.1, 0.15) is 5.69 Å². The minimum atomic E-state index is -5.01. The van der Waals surface area contributed by atoms with Crippen molar-refractivity contribution in [2.45, 2.75) is 19.6 Å². The number of nitrogens with zero attached hydrogens (tertiary/aromatic N) is 7. The van der Waals surface area contributed by atoms with Gasteiger partial charge in [-0.1, -0.05) is 0 Å². The van der Waals surface area contributed by atoms with Gasteiger partial charge in [-0.15, -0.1) is 0 Å². The van der Waals surface area contributed by atoms with Crippen molar-refractivity contribution in [1.29, 1.82) is 0 Å². The van der Waals surface area contributed by atoms with E-state index in [1.165, 1.54) is 30.4 Å². The molecule has 1 aliphatic carbocycles. The zero-order chi connectivity index (χ0) is 29.2. The van der Waals surface area contributed by atoms with Gasteiger partial charge in [-0.2, -0.15) is 25.1 Å². The lowest BCUT2D eigenvalue weighted by molar-refractivity contribution is -0.119. The maximum atomic E-state index is 13.0. The van der Waals surface area contributed by atoms with Gasteiger partial charge in [0.25, 0.3) is 11.8 Å². The Morgan fingerprint density at radius 1 is 1.35 bits per heavy atom. The maximum absolute atomic E-state index is 13.0. The third-order valence-corrected chi connectivity index (χ3v) is 5.53. The van der Waals surface area contributed by atoms with Crippen LogP contribution in [0.1, 0.15) is 27.4 Å². The van der Waals surface area contributed by atoms with Crippen molar-refractivity contribution in [3.63, 3.8) is 0 Å². The Bertz CT molecular complexity index is 1560. The van der Waals surface area contributed by atoms with Crippen molar-refractivity contribution >= 4 is 31.1 Å². The van der Waals surface area contributed by atoms with Crippen molar-refractivity contribution < 1.29 is 37.3 Å². The number of amides is 2. The van der Waals surface area contributed by atoms with Crippen LogP contribution in [0.5, 0.6) is 5.75 Å². The number of pyridine rings is 1. The van der Waals surface area contributed by atoms with Crippen LogP contribution in [0.25, 0.3) is 11.3 Å². The molecule has 0 saturated heterocycles. The third kappa shape index (κ3) is 6.24. The van der Waals surface area contributed by atoms with Crippen LogP contribution in [0, 0.1) is 5.92 Å². The molecule has 3 aromatic heterocycles. The summed E-state index contributed by atoms with van der Waals surface area (Å²) < 4.78 is 44.3. The number of carbonyl (C=O) groups is 2. The van der Waals surface area contributed by atoms with E-state index in [1.54, 1.807) is 18.4 Å². The van der Waals surface area contributed by atoms with Gasteiger partial charge in [-0.25, -0.2) is 14.2 Å². The fraction of sp³-hybridized carbons (Fsp3) is 0.350. The molecule has 0 bridgehead atoms. The molecule has 16 nitrogen and oxygen atoms in total. The summed E-state index contributed by atoms with van der Waals surface area (Å²) >= 11 is 0. The van der Waals surface area contributed by atoms with E-state index in [2.05, 4.69) is 35.1 Å².